The van der Waals surface area contributed by atoms with Crippen molar-refractivity contribution in [3.63, 3.8) is 0 Å². The molecule has 0 unspecified atom stereocenters. The zero-order chi connectivity index (χ0) is 17.1. The Morgan fingerprint density at radius 1 is 0.720 bits per heavy atom. The Labute approximate surface area is 147 Å². The Balaban J connectivity index is 1.94. The van der Waals surface area contributed by atoms with Crippen LogP contribution in [0.15, 0.2) is 65.5 Å². The molecule has 1 heterocycles. The Hall–Kier alpha value is -2.78. The van der Waals surface area contributed by atoms with Crippen LogP contribution in [0.1, 0.15) is 5.56 Å². The maximum absolute atomic E-state index is 13.5. The molecular weight excluding hydrogens is 331 g/mol. The molecule has 0 fully saturated rings. The normalized spacial score (nSPS) is 11.8. The Kier molecular flexibility index (Phi) is 2.97. The van der Waals surface area contributed by atoms with Crippen molar-refractivity contribution in [1.82, 2.24) is 0 Å². The van der Waals surface area contributed by atoms with Crippen LogP contribution in [0.4, 0.5) is 4.39 Å². The summed E-state index contributed by atoms with van der Waals surface area (Å²) >= 11 is 1.53. The number of aryl methyl sites for hydroxylation is 1. The Morgan fingerprint density at radius 3 is 2.32 bits per heavy atom. The molecular formula is C22H13FOS. The molecule has 0 amide bonds. The summed E-state index contributed by atoms with van der Waals surface area (Å²) < 4.78 is 15.3. The summed E-state index contributed by atoms with van der Waals surface area (Å²) in [6, 6.07) is 19.1. The minimum atomic E-state index is -0.376. The molecule has 0 N–H and O–H groups in total. The summed E-state index contributed by atoms with van der Waals surface area (Å²) in [6.45, 7) is 2.07. The first-order valence-electron chi connectivity index (χ1n) is 8.09. The third-order valence-corrected chi connectivity index (χ3v) is 5.83. The number of benzene rings is 4. The van der Waals surface area contributed by atoms with Crippen molar-refractivity contribution in [2.24, 2.45) is 0 Å². The van der Waals surface area contributed by atoms with Gasteiger partial charge in [0.05, 0.1) is 0 Å². The molecule has 4 aromatic carbocycles. The highest BCUT2D eigenvalue weighted by molar-refractivity contribution is 7.24. The first-order valence-corrected chi connectivity index (χ1v) is 8.90. The van der Waals surface area contributed by atoms with E-state index in [4.69, 9.17) is 0 Å². The highest BCUT2D eigenvalue weighted by Gasteiger charge is 2.09. The van der Waals surface area contributed by atoms with Crippen molar-refractivity contribution >= 4 is 53.1 Å². The van der Waals surface area contributed by atoms with Gasteiger partial charge in [0, 0.05) is 20.2 Å². The molecule has 1 nitrogen and oxygen atoms in total. The average molecular weight is 344 g/mol. The van der Waals surface area contributed by atoms with E-state index in [0.717, 1.165) is 25.6 Å². The number of hydrogen-bond donors (Lipinski definition) is 0. The number of fused-ring (bicyclic) bond motifs is 4. The van der Waals surface area contributed by atoms with Gasteiger partial charge in [-0.3, -0.25) is 4.79 Å². The van der Waals surface area contributed by atoms with Gasteiger partial charge in [0.25, 0.3) is 0 Å². The van der Waals surface area contributed by atoms with Crippen molar-refractivity contribution < 1.29 is 4.39 Å². The lowest BCUT2D eigenvalue weighted by molar-refractivity contribution is 0.630. The van der Waals surface area contributed by atoms with E-state index in [9.17, 15) is 9.18 Å². The van der Waals surface area contributed by atoms with Crippen LogP contribution in [0.25, 0.3) is 41.7 Å². The Bertz CT molecular complexity index is 1380. The van der Waals surface area contributed by atoms with Gasteiger partial charge in [-0.15, -0.1) is 11.3 Å². The van der Waals surface area contributed by atoms with E-state index in [1.54, 1.807) is 6.07 Å². The van der Waals surface area contributed by atoms with Gasteiger partial charge in [0.2, 0.25) is 0 Å². The summed E-state index contributed by atoms with van der Waals surface area (Å²) in [5, 5.41) is 5.60. The van der Waals surface area contributed by atoms with Gasteiger partial charge >= 0.3 is 0 Å². The minimum absolute atomic E-state index is 0.102. The molecule has 0 aliphatic rings. The summed E-state index contributed by atoms with van der Waals surface area (Å²) in [5.74, 6) is -0.376. The lowest BCUT2D eigenvalue weighted by Crippen LogP contribution is -2.01. The van der Waals surface area contributed by atoms with Crippen LogP contribution >= 0.6 is 11.3 Å². The van der Waals surface area contributed by atoms with Crippen LogP contribution in [-0.2, 0) is 0 Å². The summed E-state index contributed by atoms with van der Waals surface area (Å²) in [5.41, 5.74) is 1.11. The zero-order valence-electron chi connectivity index (χ0n) is 13.5. The Morgan fingerprint density at radius 2 is 1.44 bits per heavy atom. The van der Waals surface area contributed by atoms with E-state index in [1.807, 2.05) is 6.07 Å². The first kappa shape index (κ1) is 14.6. The minimum Gasteiger partial charge on any atom is -0.289 e. The summed E-state index contributed by atoms with van der Waals surface area (Å²) in [6.07, 6.45) is 0. The monoisotopic (exact) mass is 344 g/mol. The van der Waals surface area contributed by atoms with E-state index in [2.05, 4.69) is 43.3 Å². The summed E-state index contributed by atoms with van der Waals surface area (Å²) in [4.78, 5) is 12.8. The van der Waals surface area contributed by atoms with Crippen LogP contribution in [0.3, 0.4) is 0 Å². The zero-order valence-corrected chi connectivity index (χ0v) is 14.3. The van der Waals surface area contributed by atoms with E-state index in [-0.39, 0.29) is 11.2 Å². The van der Waals surface area contributed by atoms with E-state index < -0.39 is 0 Å². The molecule has 3 heteroatoms. The molecule has 5 rings (SSSR count). The molecule has 0 saturated carbocycles. The largest absolute Gasteiger partial charge is 0.289 e. The predicted octanol–water partition coefficient (Wildman–Crippen LogP) is 6.17. The highest BCUT2D eigenvalue weighted by atomic mass is 32.1. The standard InChI is InChI=1S/C22H13FOS/c1-12-2-3-13-7-16-10-21-18(9-15(16)8-14(13)6-12)22(24)19-11-17(23)4-5-20(19)25-21/h2-11H,1H3. The highest BCUT2D eigenvalue weighted by Crippen LogP contribution is 2.31. The van der Waals surface area contributed by atoms with Crippen molar-refractivity contribution in [1.29, 1.82) is 0 Å². The van der Waals surface area contributed by atoms with E-state index in [1.165, 1.54) is 34.4 Å². The second-order valence-electron chi connectivity index (χ2n) is 6.47. The van der Waals surface area contributed by atoms with Crippen molar-refractivity contribution in [2.45, 2.75) is 6.92 Å². The van der Waals surface area contributed by atoms with Gasteiger partial charge in [-0.25, -0.2) is 4.39 Å². The van der Waals surface area contributed by atoms with Crippen LogP contribution in [0.5, 0.6) is 0 Å². The van der Waals surface area contributed by atoms with Gasteiger partial charge in [0.15, 0.2) is 5.43 Å². The second-order valence-corrected chi connectivity index (χ2v) is 7.55. The number of rotatable bonds is 0. The smallest absolute Gasteiger partial charge is 0.195 e. The fraction of sp³-hybridized carbons (Fsp3) is 0.0455. The maximum atomic E-state index is 13.5. The lowest BCUT2D eigenvalue weighted by atomic mass is 10.0. The van der Waals surface area contributed by atoms with Gasteiger partial charge in [-0.05, 0) is 70.9 Å². The fourth-order valence-electron chi connectivity index (χ4n) is 3.44. The quantitative estimate of drug-likeness (QED) is 0.307. The van der Waals surface area contributed by atoms with Gasteiger partial charge in [-0.2, -0.15) is 0 Å². The van der Waals surface area contributed by atoms with Crippen LogP contribution in [0, 0.1) is 12.7 Å². The molecule has 0 bridgehead atoms. The van der Waals surface area contributed by atoms with Crippen LogP contribution in [-0.4, -0.2) is 0 Å². The SMILES string of the molecule is Cc1ccc2cc3cc4sc5ccc(F)cc5c(=O)c4cc3cc2c1. The maximum Gasteiger partial charge on any atom is 0.195 e. The third kappa shape index (κ3) is 2.24. The number of hydrogen-bond acceptors (Lipinski definition) is 2. The van der Waals surface area contributed by atoms with Crippen molar-refractivity contribution in [3.05, 3.63) is 82.3 Å². The second kappa shape index (κ2) is 5.11. The third-order valence-electron chi connectivity index (χ3n) is 4.70. The molecule has 5 aromatic rings. The lowest BCUT2D eigenvalue weighted by Gasteiger charge is -2.06. The number of halogens is 1. The molecule has 0 aliphatic carbocycles. The molecule has 25 heavy (non-hydrogen) atoms. The topological polar surface area (TPSA) is 17.1 Å². The van der Waals surface area contributed by atoms with Gasteiger partial charge in [-0.1, -0.05) is 23.8 Å². The summed E-state index contributed by atoms with van der Waals surface area (Å²) in [7, 11) is 0. The van der Waals surface area contributed by atoms with Gasteiger partial charge < -0.3 is 0 Å². The van der Waals surface area contributed by atoms with E-state index in [0.29, 0.717) is 10.8 Å². The van der Waals surface area contributed by atoms with Crippen molar-refractivity contribution in [2.75, 3.05) is 0 Å². The molecule has 0 spiro atoms. The molecule has 0 radical (unpaired) electrons. The van der Waals surface area contributed by atoms with Crippen LogP contribution in [0.2, 0.25) is 0 Å². The average Bonchev–Trinajstić information content (AvgIpc) is 2.60. The van der Waals surface area contributed by atoms with Gasteiger partial charge in [0.1, 0.15) is 5.82 Å². The first-order chi connectivity index (χ1) is 12.1. The molecule has 1 aromatic heterocycles. The predicted molar refractivity (Wildman–Crippen MR) is 105 cm³/mol. The van der Waals surface area contributed by atoms with E-state index >= 15 is 0 Å². The van der Waals surface area contributed by atoms with Crippen molar-refractivity contribution in [3.8, 4) is 0 Å². The molecule has 0 saturated heterocycles. The molecule has 0 aliphatic heterocycles. The van der Waals surface area contributed by atoms with Crippen LogP contribution < -0.4 is 5.43 Å². The molecule has 120 valence electrons. The fourth-order valence-corrected chi connectivity index (χ4v) is 4.52. The molecule has 0 atom stereocenters.